The van der Waals surface area contributed by atoms with Gasteiger partial charge in [-0.05, 0) is 19.4 Å². The van der Waals surface area contributed by atoms with Crippen molar-refractivity contribution in [2.24, 2.45) is 0 Å². The van der Waals surface area contributed by atoms with E-state index in [4.69, 9.17) is 14.2 Å². The Labute approximate surface area is 131 Å². The fourth-order valence-electron chi connectivity index (χ4n) is 2.43. The molecule has 0 aromatic carbocycles. The molecular formula is C16H23N3O3. The first-order valence-electron chi connectivity index (χ1n) is 7.28. The van der Waals surface area contributed by atoms with Crippen molar-refractivity contribution in [3.63, 3.8) is 0 Å². The van der Waals surface area contributed by atoms with Crippen molar-refractivity contribution in [1.29, 1.82) is 0 Å². The smallest absolute Gasteiger partial charge is 0.296 e. The summed E-state index contributed by atoms with van der Waals surface area (Å²) in [5.74, 6) is 0.596. The first kappa shape index (κ1) is 16.3. The van der Waals surface area contributed by atoms with Crippen molar-refractivity contribution in [2.45, 2.75) is 26.3 Å². The number of rotatable bonds is 7. The maximum Gasteiger partial charge on any atom is 0.296 e. The Kier molecular flexibility index (Phi) is 5.38. The van der Waals surface area contributed by atoms with Crippen molar-refractivity contribution in [3.8, 4) is 23.1 Å². The monoisotopic (exact) mass is 305 g/mol. The zero-order valence-electron chi connectivity index (χ0n) is 13.8. The second kappa shape index (κ2) is 7.26. The van der Waals surface area contributed by atoms with Crippen LogP contribution in [-0.4, -0.2) is 42.5 Å². The van der Waals surface area contributed by atoms with Crippen LogP contribution in [0.3, 0.4) is 0 Å². The molecule has 1 unspecified atom stereocenters. The van der Waals surface area contributed by atoms with E-state index >= 15 is 0 Å². The maximum atomic E-state index is 5.41. The lowest BCUT2D eigenvalue weighted by Crippen LogP contribution is -2.14. The largest absolute Gasteiger partial charge is 0.481 e. The van der Waals surface area contributed by atoms with Crippen LogP contribution < -0.4 is 9.47 Å². The van der Waals surface area contributed by atoms with Crippen LogP contribution in [0.2, 0.25) is 0 Å². The molecule has 0 radical (unpaired) electrons. The molecule has 22 heavy (non-hydrogen) atoms. The molecule has 0 saturated carbocycles. The van der Waals surface area contributed by atoms with E-state index in [1.165, 1.54) is 0 Å². The van der Waals surface area contributed by atoms with Gasteiger partial charge in [0.15, 0.2) is 0 Å². The highest BCUT2D eigenvalue weighted by Gasteiger charge is 2.18. The molecule has 0 aliphatic carbocycles. The number of ether oxygens (including phenoxy) is 3. The third-order valence-corrected chi connectivity index (χ3v) is 3.65. The van der Waals surface area contributed by atoms with Crippen molar-refractivity contribution < 1.29 is 14.2 Å². The Bertz CT molecular complexity index is 625. The molecule has 0 aliphatic rings. The molecule has 0 spiro atoms. The summed E-state index contributed by atoms with van der Waals surface area (Å²) in [6.45, 7) is 4.67. The standard InChI is InChI=1S/C16H23N3O3/c1-6-12(10-20-3)19-9-14(18-16(19)22-5)13-7-8-15(21-4)17-11(13)2/h7-9,12H,6,10H2,1-5H3. The molecule has 0 N–H and O–H groups in total. The second-order valence-corrected chi connectivity index (χ2v) is 5.02. The number of imidazole rings is 1. The van der Waals surface area contributed by atoms with Gasteiger partial charge in [0.1, 0.15) is 0 Å². The minimum absolute atomic E-state index is 0.188. The molecule has 6 heteroatoms. The molecule has 0 bridgehead atoms. The molecule has 0 fully saturated rings. The lowest BCUT2D eigenvalue weighted by atomic mass is 10.1. The third kappa shape index (κ3) is 3.22. The van der Waals surface area contributed by atoms with Gasteiger partial charge < -0.3 is 14.2 Å². The molecule has 0 amide bonds. The summed E-state index contributed by atoms with van der Waals surface area (Å²) in [7, 11) is 4.93. The van der Waals surface area contributed by atoms with Crippen LogP contribution in [0.1, 0.15) is 25.1 Å². The van der Waals surface area contributed by atoms with Gasteiger partial charge in [-0.3, -0.25) is 4.57 Å². The molecule has 1 atom stereocenters. The molecule has 2 aromatic heterocycles. The van der Waals surface area contributed by atoms with Crippen LogP contribution in [0.4, 0.5) is 0 Å². The second-order valence-electron chi connectivity index (χ2n) is 5.02. The maximum absolute atomic E-state index is 5.41. The number of pyridine rings is 1. The van der Waals surface area contributed by atoms with Gasteiger partial charge in [0.05, 0.1) is 38.3 Å². The summed E-state index contributed by atoms with van der Waals surface area (Å²) in [5, 5.41) is 0. The number of nitrogens with zero attached hydrogens (tertiary/aromatic N) is 3. The van der Waals surface area contributed by atoms with Crippen LogP contribution in [0.25, 0.3) is 11.3 Å². The molecule has 0 aliphatic heterocycles. The summed E-state index contributed by atoms with van der Waals surface area (Å²) < 4.78 is 17.9. The molecular weight excluding hydrogens is 282 g/mol. The fraction of sp³-hybridized carbons (Fsp3) is 0.500. The topological polar surface area (TPSA) is 58.4 Å². The first-order valence-corrected chi connectivity index (χ1v) is 7.28. The summed E-state index contributed by atoms with van der Waals surface area (Å²) in [6, 6.07) is 4.56. The molecule has 2 rings (SSSR count). The normalized spacial score (nSPS) is 12.2. The average molecular weight is 305 g/mol. The Hall–Kier alpha value is -2.08. The first-order chi connectivity index (χ1) is 10.6. The number of methoxy groups -OCH3 is 3. The van der Waals surface area contributed by atoms with E-state index in [-0.39, 0.29) is 6.04 Å². The van der Waals surface area contributed by atoms with Gasteiger partial charge in [0, 0.05) is 24.9 Å². The van der Waals surface area contributed by atoms with Gasteiger partial charge in [0.2, 0.25) is 5.88 Å². The van der Waals surface area contributed by atoms with Crippen LogP contribution in [-0.2, 0) is 4.74 Å². The van der Waals surface area contributed by atoms with Gasteiger partial charge >= 0.3 is 0 Å². The van der Waals surface area contributed by atoms with Crippen molar-refractivity contribution in [3.05, 3.63) is 24.0 Å². The Balaban J connectivity index is 2.42. The molecule has 2 aromatic rings. The number of hydrogen-bond donors (Lipinski definition) is 0. The number of hydrogen-bond acceptors (Lipinski definition) is 5. The molecule has 0 saturated heterocycles. The van der Waals surface area contributed by atoms with E-state index in [1.54, 1.807) is 21.3 Å². The Morgan fingerprint density at radius 1 is 1.14 bits per heavy atom. The van der Waals surface area contributed by atoms with Crippen LogP contribution in [0, 0.1) is 6.92 Å². The summed E-state index contributed by atoms with van der Waals surface area (Å²) in [6.07, 6.45) is 2.92. The summed E-state index contributed by atoms with van der Waals surface area (Å²) in [4.78, 5) is 8.97. The van der Waals surface area contributed by atoms with E-state index in [2.05, 4.69) is 16.9 Å². The quantitative estimate of drug-likeness (QED) is 0.787. The highest BCUT2D eigenvalue weighted by atomic mass is 16.5. The van der Waals surface area contributed by atoms with E-state index in [9.17, 15) is 0 Å². The number of aryl methyl sites for hydroxylation is 1. The van der Waals surface area contributed by atoms with Crippen LogP contribution in [0.5, 0.6) is 11.9 Å². The molecule has 120 valence electrons. The van der Waals surface area contributed by atoms with Gasteiger partial charge in [-0.1, -0.05) is 6.92 Å². The third-order valence-electron chi connectivity index (χ3n) is 3.65. The Morgan fingerprint density at radius 2 is 1.91 bits per heavy atom. The SMILES string of the molecule is CCC(COC)n1cc(-c2ccc(OC)nc2C)nc1OC. The van der Waals surface area contributed by atoms with Gasteiger partial charge in [0.25, 0.3) is 6.01 Å². The molecule has 6 nitrogen and oxygen atoms in total. The predicted octanol–water partition coefficient (Wildman–Crippen LogP) is 2.87. The number of aromatic nitrogens is 3. The predicted molar refractivity (Wildman–Crippen MR) is 84.5 cm³/mol. The minimum Gasteiger partial charge on any atom is -0.481 e. The zero-order chi connectivity index (χ0) is 16.1. The average Bonchev–Trinajstić information content (AvgIpc) is 2.96. The molecule has 2 heterocycles. The zero-order valence-corrected chi connectivity index (χ0v) is 13.8. The summed E-state index contributed by atoms with van der Waals surface area (Å²) in [5.41, 5.74) is 2.66. The highest BCUT2D eigenvalue weighted by Crippen LogP contribution is 2.29. The van der Waals surface area contributed by atoms with Crippen LogP contribution in [0.15, 0.2) is 18.3 Å². The van der Waals surface area contributed by atoms with Gasteiger partial charge in [-0.2, -0.15) is 4.98 Å². The van der Waals surface area contributed by atoms with E-state index < -0.39 is 0 Å². The minimum atomic E-state index is 0.188. The van der Waals surface area contributed by atoms with E-state index in [1.807, 2.05) is 29.8 Å². The van der Waals surface area contributed by atoms with E-state index in [0.29, 0.717) is 18.5 Å². The van der Waals surface area contributed by atoms with Crippen LogP contribution >= 0.6 is 0 Å². The Morgan fingerprint density at radius 3 is 2.45 bits per heavy atom. The van der Waals surface area contributed by atoms with Gasteiger partial charge in [-0.25, -0.2) is 4.98 Å². The lowest BCUT2D eigenvalue weighted by Gasteiger charge is -2.17. The lowest BCUT2D eigenvalue weighted by molar-refractivity contribution is 0.147. The van der Waals surface area contributed by atoms with Crippen molar-refractivity contribution in [2.75, 3.05) is 27.9 Å². The van der Waals surface area contributed by atoms with Crippen molar-refractivity contribution in [1.82, 2.24) is 14.5 Å². The highest BCUT2D eigenvalue weighted by molar-refractivity contribution is 5.62. The fourth-order valence-corrected chi connectivity index (χ4v) is 2.43. The van der Waals surface area contributed by atoms with E-state index in [0.717, 1.165) is 23.4 Å². The van der Waals surface area contributed by atoms with Gasteiger partial charge in [-0.15, -0.1) is 0 Å². The summed E-state index contributed by atoms with van der Waals surface area (Å²) >= 11 is 0. The van der Waals surface area contributed by atoms with Crippen molar-refractivity contribution >= 4 is 0 Å².